The predicted octanol–water partition coefficient (Wildman–Crippen LogP) is 1.63. The smallest absolute Gasteiger partial charge is 0.234 e. The van der Waals surface area contributed by atoms with E-state index in [0.29, 0.717) is 18.3 Å². The lowest BCUT2D eigenvalue weighted by atomic mass is 10.1. The van der Waals surface area contributed by atoms with Crippen molar-refractivity contribution in [1.82, 2.24) is 10.1 Å². The quantitative estimate of drug-likeness (QED) is 0.848. The summed E-state index contributed by atoms with van der Waals surface area (Å²) < 4.78 is 10.5. The topological polar surface area (TPSA) is 78.1 Å². The Kier molecular flexibility index (Phi) is 1.91. The lowest BCUT2D eigenvalue weighted by Gasteiger charge is -2.03. The van der Waals surface area contributed by atoms with Gasteiger partial charge in [0.15, 0.2) is 0 Å². The van der Waals surface area contributed by atoms with Crippen LogP contribution in [0, 0.1) is 6.92 Å². The SMILES string of the molecule is Cc1occc1-c1noc(C2(CN)CC2)n1. The van der Waals surface area contributed by atoms with E-state index in [1.165, 1.54) is 0 Å². The Morgan fingerprint density at radius 1 is 1.50 bits per heavy atom. The molecule has 0 unspecified atom stereocenters. The molecule has 1 aliphatic carbocycles. The number of rotatable bonds is 3. The third kappa shape index (κ3) is 1.28. The molecule has 3 rings (SSSR count). The first kappa shape index (κ1) is 9.59. The molecule has 1 aliphatic rings. The predicted molar refractivity (Wildman–Crippen MR) is 56.7 cm³/mol. The molecule has 5 heteroatoms. The standard InChI is InChI=1S/C11H13N3O2/c1-7-8(2-5-15-7)9-13-10(16-14-9)11(6-12)3-4-11/h2,5H,3-4,6,12H2,1H3. The molecule has 1 saturated carbocycles. The summed E-state index contributed by atoms with van der Waals surface area (Å²) in [5.41, 5.74) is 6.54. The van der Waals surface area contributed by atoms with Crippen molar-refractivity contribution in [1.29, 1.82) is 0 Å². The molecule has 0 atom stereocenters. The van der Waals surface area contributed by atoms with E-state index in [0.717, 1.165) is 24.2 Å². The fourth-order valence-electron chi connectivity index (χ4n) is 1.82. The maximum atomic E-state index is 5.71. The van der Waals surface area contributed by atoms with Gasteiger partial charge in [-0.2, -0.15) is 4.98 Å². The van der Waals surface area contributed by atoms with Gasteiger partial charge >= 0.3 is 0 Å². The normalized spacial score (nSPS) is 17.6. The molecule has 0 radical (unpaired) electrons. The van der Waals surface area contributed by atoms with E-state index in [-0.39, 0.29) is 5.41 Å². The Bertz CT molecular complexity index is 511. The van der Waals surface area contributed by atoms with E-state index in [1.807, 2.05) is 13.0 Å². The molecular formula is C11H13N3O2. The Morgan fingerprint density at radius 3 is 2.88 bits per heavy atom. The van der Waals surface area contributed by atoms with Crippen LogP contribution in [0.5, 0.6) is 0 Å². The van der Waals surface area contributed by atoms with E-state index in [9.17, 15) is 0 Å². The highest BCUT2D eigenvalue weighted by Gasteiger charge is 2.48. The number of aryl methyl sites for hydroxylation is 1. The highest BCUT2D eigenvalue weighted by atomic mass is 16.5. The van der Waals surface area contributed by atoms with Crippen LogP contribution in [-0.4, -0.2) is 16.7 Å². The average Bonchev–Trinajstić information content (AvgIpc) is 2.72. The molecule has 2 N–H and O–H groups in total. The first-order valence-corrected chi connectivity index (χ1v) is 5.34. The van der Waals surface area contributed by atoms with Gasteiger partial charge in [-0.1, -0.05) is 5.16 Å². The van der Waals surface area contributed by atoms with Crippen molar-refractivity contribution in [3.63, 3.8) is 0 Å². The number of furan rings is 1. The lowest BCUT2D eigenvalue weighted by Crippen LogP contribution is -2.19. The summed E-state index contributed by atoms with van der Waals surface area (Å²) in [6, 6.07) is 1.84. The van der Waals surface area contributed by atoms with Crippen LogP contribution < -0.4 is 5.73 Å². The minimum atomic E-state index is -0.0527. The van der Waals surface area contributed by atoms with E-state index < -0.39 is 0 Å². The molecule has 0 aromatic carbocycles. The minimum absolute atomic E-state index is 0.0527. The van der Waals surface area contributed by atoms with Crippen LogP contribution in [0.1, 0.15) is 24.5 Å². The Balaban J connectivity index is 1.97. The third-order valence-electron chi connectivity index (χ3n) is 3.22. The number of nitrogens with zero attached hydrogens (tertiary/aromatic N) is 2. The summed E-state index contributed by atoms with van der Waals surface area (Å²) in [5.74, 6) is 2.04. The van der Waals surface area contributed by atoms with Crippen molar-refractivity contribution < 1.29 is 8.94 Å². The highest BCUT2D eigenvalue weighted by Crippen LogP contribution is 2.46. The van der Waals surface area contributed by atoms with Gasteiger partial charge in [-0.25, -0.2) is 0 Å². The zero-order chi connectivity index (χ0) is 11.2. The number of hydrogen-bond donors (Lipinski definition) is 1. The molecule has 0 spiro atoms. The van der Waals surface area contributed by atoms with Gasteiger partial charge in [0, 0.05) is 6.54 Å². The van der Waals surface area contributed by atoms with Crippen molar-refractivity contribution in [3.05, 3.63) is 24.0 Å². The molecule has 2 heterocycles. The zero-order valence-electron chi connectivity index (χ0n) is 9.06. The maximum absolute atomic E-state index is 5.71. The molecule has 16 heavy (non-hydrogen) atoms. The van der Waals surface area contributed by atoms with E-state index in [4.69, 9.17) is 14.7 Å². The van der Waals surface area contributed by atoms with Crippen LogP contribution in [0.2, 0.25) is 0 Å². The van der Waals surface area contributed by atoms with Gasteiger partial charge in [0.25, 0.3) is 0 Å². The largest absolute Gasteiger partial charge is 0.469 e. The summed E-state index contributed by atoms with van der Waals surface area (Å²) in [6.45, 7) is 2.44. The first-order chi connectivity index (χ1) is 7.75. The Morgan fingerprint density at radius 2 is 2.31 bits per heavy atom. The lowest BCUT2D eigenvalue weighted by molar-refractivity contribution is 0.347. The molecule has 1 fully saturated rings. The van der Waals surface area contributed by atoms with Gasteiger partial charge in [-0.05, 0) is 25.8 Å². The van der Waals surface area contributed by atoms with Crippen molar-refractivity contribution >= 4 is 0 Å². The van der Waals surface area contributed by atoms with Crippen LogP contribution in [0.15, 0.2) is 21.3 Å². The fourth-order valence-corrected chi connectivity index (χ4v) is 1.82. The molecule has 0 bridgehead atoms. The summed E-state index contributed by atoms with van der Waals surface area (Å²) in [4.78, 5) is 4.40. The van der Waals surface area contributed by atoms with Crippen molar-refractivity contribution in [3.8, 4) is 11.4 Å². The molecule has 0 amide bonds. The van der Waals surface area contributed by atoms with Crippen LogP contribution in [0.4, 0.5) is 0 Å². The maximum Gasteiger partial charge on any atom is 0.234 e. The summed E-state index contributed by atoms with van der Waals surface area (Å²) in [7, 11) is 0. The van der Waals surface area contributed by atoms with Gasteiger partial charge in [0.1, 0.15) is 5.76 Å². The fraction of sp³-hybridized carbons (Fsp3) is 0.455. The summed E-state index contributed by atoms with van der Waals surface area (Å²) in [6.07, 6.45) is 3.70. The second-order valence-corrected chi connectivity index (χ2v) is 4.30. The van der Waals surface area contributed by atoms with E-state index in [2.05, 4.69) is 10.1 Å². The molecule has 2 aromatic heterocycles. The zero-order valence-corrected chi connectivity index (χ0v) is 9.06. The highest BCUT2D eigenvalue weighted by molar-refractivity contribution is 5.56. The molecule has 0 saturated heterocycles. The molecule has 0 aliphatic heterocycles. The van der Waals surface area contributed by atoms with Gasteiger partial charge in [-0.15, -0.1) is 0 Å². The van der Waals surface area contributed by atoms with Crippen molar-refractivity contribution in [2.24, 2.45) is 5.73 Å². The van der Waals surface area contributed by atoms with Gasteiger partial charge in [0.05, 0.1) is 17.2 Å². The molecule has 2 aromatic rings. The molecular weight excluding hydrogens is 206 g/mol. The number of aromatic nitrogens is 2. The molecule has 5 nitrogen and oxygen atoms in total. The van der Waals surface area contributed by atoms with Crippen molar-refractivity contribution in [2.45, 2.75) is 25.2 Å². The molecule has 84 valence electrons. The van der Waals surface area contributed by atoms with Gasteiger partial charge in [-0.3, -0.25) is 0 Å². The second kappa shape index (κ2) is 3.18. The van der Waals surface area contributed by atoms with Crippen molar-refractivity contribution in [2.75, 3.05) is 6.54 Å². The Labute approximate surface area is 92.6 Å². The average molecular weight is 219 g/mol. The summed E-state index contributed by atoms with van der Waals surface area (Å²) >= 11 is 0. The van der Waals surface area contributed by atoms with Gasteiger partial charge < -0.3 is 14.7 Å². The van der Waals surface area contributed by atoms with Gasteiger partial charge in [0.2, 0.25) is 11.7 Å². The number of nitrogens with two attached hydrogens (primary N) is 1. The van der Waals surface area contributed by atoms with Crippen LogP contribution >= 0.6 is 0 Å². The Hall–Kier alpha value is -1.62. The third-order valence-corrected chi connectivity index (χ3v) is 3.22. The summed E-state index contributed by atoms with van der Waals surface area (Å²) in [5, 5.41) is 3.97. The van der Waals surface area contributed by atoms with Crippen LogP contribution in [0.25, 0.3) is 11.4 Å². The van der Waals surface area contributed by atoms with Crippen LogP contribution in [0.3, 0.4) is 0 Å². The van der Waals surface area contributed by atoms with Crippen LogP contribution in [-0.2, 0) is 5.41 Å². The first-order valence-electron chi connectivity index (χ1n) is 5.34. The second-order valence-electron chi connectivity index (χ2n) is 4.30. The number of hydrogen-bond acceptors (Lipinski definition) is 5. The van der Waals surface area contributed by atoms with E-state index >= 15 is 0 Å². The minimum Gasteiger partial charge on any atom is -0.469 e. The monoisotopic (exact) mass is 219 g/mol. The van der Waals surface area contributed by atoms with E-state index in [1.54, 1.807) is 6.26 Å².